The van der Waals surface area contributed by atoms with Crippen molar-refractivity contribution in [3.05, 3.63) is 23.8 Å². The Hall–Kier alpha value is -1.71. The number of aryl methyl sites for hydroxylation is 1. The van der Waals surface area contributed by atoms with Crippen LogP contribution in [0, 0.1) is 6.92 Å². The molecule has 0 saturated heterocycles. The van der Waals surface area contributed by atoms with E-state index in [9.17, 15) is 13.2 Å². The van der Waals surface area contributed by atoms with E-state index in [0.717, 1.165) is 0 Å². The molecule has 0 aliphatic carbocycles. The standard InChI is InChI=1S/C15H23N3O4S2/c1-11-7-8-12(10-13(11)24(20,21)18(2)3)17-15(23)16-9-5-6-14(19)22-4/h7-8,10H,5-6,9H2,1-4H3,(H2,16,17,23). The molecule has 0 aliphatic heterocycles. The highest BCUT2D eigenvalue weighted by Crippen LogP contribution is 2.22. The minimum atomic E-state index is -3.52. The maximum absolute atomic E-state index is 12.3. The molecule has 0 fully saturated rings. The molecule has 0 spiro atoms. The van der Waals surface area contributed by atoms with Crippen molar-refractivity contribution in [2.24, 2.45) is 0 Å². The quantitative estimate of drug-likeness (QED) is 0.425. The van der Waals surface area contributed by atoms with Crippen LogP contribution in [0.5, 0.6) is 0 Å². The molecule has 0 bridgehead atoms. The van der Waals surface area contributed by atoms with Crippen molar-refractivity contribution in [2.45, 2.75) is 24.7 Å². The predicted molar refractivity (Wildman–Crippen MR) is 97.5 cm³/mol. The molecule has 9 heteroatoms. The third-order valence-corrected chi connectivity index (χ3v) is 5.48. The van der Waals surface area contributed by atoms with E-state index >= 15 is 0 Å². The topological polar surface area (TPSA) is 87.7 Å². The summed E-state index contributed by atoms with van der Waals surface area (Å²) in [6.45, 7) is 2.25. The number of nitrogens with one attached hydrogen (secondary N) is 2. The molecule has 0 heterocycles. The lowest BCUT2D eigenvalue weighted by Crippen LogP contribution is -2.30. The second kappa shape index (κ2) is 8.95. The van der Waals surface area contributed by atoms with Gasteiger partial charge >= 0.3 is 5.97 Å². The van der Waals surface area contributed by atoms with Crippen molar-refractivity contribution in [3.63, 3.8) is 0 Å². The van der Waals surface area contributed by atoms with Gasteiger partial charge in [-0.05, 0) is 43.3 Å². The van der Waals surface area contributed by atoms with Crippen molar-refractivity contribution < 1.29 is 17.9 Å². The van der Waals surface area contributed by atoms with E-state index < -0.39 is 10.0 Å². The summed E-state index contributed by atoms with van der Waals surface area (Å²) in [5.41, 5.74) is 1.23. The molecule has 2 N–H and O–H groups in total. The van der Waals surface area contributed by atoms with Crippen LogP contribution in [0.1, 0.15) is 18.4 Å². The zero-order valence-corrected chi connectivity index (χ0v) is 15.9. The first kappa shape index (κ1) is 20.3. The van der Waals surface area contributed by atoms with Crippen LogP contribution in [0.4, 0.5) is 5.69 Å². The van der Waals surface area contributed by atoms with Crippen LogP contribution in [0.3, 0.4) is 0 Å². The molecule has 7 nitrogen and oxygen atoms in total. The number of sulfonamides is 1. The fourth-order valence-corrected chi connectivity index (χ4v) is 3.23. The highest BCUT2D eigenvalue weighted by molar-refractivity contribution is 7.89. The van der Waals surface area contributed by atoms with Gasteiger partial charge in [-0.15, -0.1) is 0 Å². The summed E-state index contributed by atoms with van der Waals surface area (Å²) in [6.07, 6.45) is 0.893. The number of ether oxygens (including phenoxy) is 1. The van der Waals surface area contributed by atoms with Crippen LogP contribution in [-0.4, -0.2) is 51.6 Å². The predicted octanol–water partition coefficient (Wildman–Crippen LogP) is 1.48. The maximum atomic E-state index is 12.3. The Labute approximate surface area is 148 Å². The van der Waals surface area contributed by atoms with Gasteiger partial charge in [-0.3, -0.25) is 4.79 Å². The summed E-state index contributed by atoms with van der Waals surface area (Å²) < 4.78 is 30.3. The van der Waals surface area contributed by atoms with Crippen LogP contribution in [-0.2, 0) is 19.6 Å². The number of methoxy groups -OCH3 is 1. The Balaban J connectivity index is 2.69. The zero-order valence-electron chi connectivity index (χ0n) is 14.3. The molecule has 0 unspecified atom stereocenters. The molecular weight excluding hydrogens is 350 g/mol. The summed E-state index contributed by atoms with van der Waals surface area (Å²) >= 11 is 5.17. The van der Waals surface area contributed by atoms with Gasteiger partial charge in [0.1, 0.15) is 0 Å². The Morgan fingerprint density at radius 3 is 2.58 bits per heavy atom. The van der Waals surface area contributed by atoms with Crippen molar-refractivity contribution >= 4 is 39.0 Å². The monoisotopic (exact) mass is 373 g/mol. The van der Waals surface area contributed by atoms with Gasteiger partial charge < -0.3 is 15.4 Å². The number of benzene rings is 1. The summed E-state index contributed by atoms with van der Waals surface area (Å²) in [5, 5.41) is 6.26. The third-order valence-electron chi connectivity index (χ3n) is 3.28. The molecule has 0 radical (unpaired) electrons. The van der Waals surface area contributed by atoms with E-state index in [1.165, 1.54) is 25.5 Å². The van der Waals surface area contributed by atoms with Gasteiger partial charge in [0.15, 0.2) is 5.11 Å². The van der Waals surface area contributed by atoms with Crippen molar-refractivity contribution in [2.75, 3.05) is 33.1 Å². The van der Waals surface area contributed by atoms with Crippen LogP contribution < -0.4 is 10.6 Å². The van der Waals surface area contributed by atoms with E-state index in [4.69, 9.17) is 12.2 Å². The highest BCUT2D eigenvalue weighted by Gasteiger charge is 2.20. The second-order valence-corrected chi connectivity index (χ2v) is 7.86. The fourth-order valence-electron chi connectivity index (χ4n) is 1.86. The SMILES string of the molecule is COC(=O)CCCNC(=S)Nc1ccc(C)c(S(=O)(=O)N(C)C)c1. The summed E-state index contributed by atoms with van der Waals surface area (Å²) in [7, 11) is 0.802. The minimum absolute atomic E-state index is 0.228. The highest BCUT2D eigenvalue weighted by atomic mass is 32.2. The first-order chi connectivity index (χ1) is 11.2. The summed E-state index contributed by atoms with van der Waals surface area (Å²) in [4.78, 5) is 11.2. The minimum Gasteiger partial charge on any atom is -0.469 e. The van der Waals surface area contributed by atoms with Gasteiger partial charge in [-0.25, -0.2) is 12.7 Å². The number of hydrogen-bond acceptors (Lipinski definition) is 5. The molecule has 0 aromatic heterocycles. The van der Waals surface area contributed by atoms with Crippen molar-refractivity contribution in [1.29, 1.82) is 0 Å². The van der Waals surface area contributed by atoms with Gasteiger partial charge in [-0.1, -0.05) is 6.07 Å². The Morgan fingerprint density at radius 1 is 1.33 bits per heavy atom. The summed E-state index contributed by atoms with van der Waals surface area (Å²) in [6, 6.07) is 5.03. The second-order valence-electron chi connectivity index (χ2n) is 5.33. The Kier molecular flexibility index (Phi) is 7.59. The molecule has 0 amide bonds. The number of hydrogen-bond donors (Lipinski definition) is 2. The van der Waals surface area contributed by atoms with Crippen LogP contribution in [0.15, 0.2) is 23.1 Å². The van der Waals surface area contributed by atoms with Gasteiger partial charge in [0.2, 0.25) is 10.0 Å². The lowest BCUT2D eigenvalue weighted by molar-refractivity contribution is -0.140. The number of rotatable bonds is 7. The normalized spacial score (nSPS) is 11.2. The average Bonchev–Trinajstić information content (AvgIpc) is 2.52. The fraction of sp³-hybridized carbons (Fsp3) is 0.467. The number of esters is 1. The van der Waals surface area contributed by atoms with E-state index in [2.05, 4.69) is 15.4 Å². The van der Waals surface area contributed by atoms with E-state index in [-0.39, 0.29) is 10.9 Å². The maximum Gasteiger partial charge on any atom is 0.305 e. The van der Waals surface area contributed by atoms with Gasteiger partial charge in [-0.2, -0.15) is 0 Å². The first-order valence-electron chi connectivity index (χ1n) is 7.33. The van der Waals surface area contributed by atoms with Crippen molar-refractivity contribution in [3.8, 4) is 0 Å². The molecule has 0 aliphatic rings. The first-order valence-corrected chi connectivity index (χ1v) is 9.18. The van der Waals surface area contributed by atoms with Gasteiger partial charge in [0, 0.05) is 32.7 Å². The number of anilines is 1. The third kappa shape index (κ3) is 5.73. The molecule has 1 rings (SSSR count). The van der Waals surface area contributed by atoms with Crippen LogP contribution >= 0.6 is 12.2 Å². The average molecular weight is 374 g/mol. The Bertz CT molecular complexity index is 703. The summed E-state index contributed by atoms with van der Waals surface area (Å²) in [5.74, 6) is -0.271. The van der Waals surface area contributed by atoms with Crippen LogP contribution in [0.25, 0.3) is 0 Å². The molecule has 0 atom stereocenters. The lowest BCUT2D eigenvalue weighted by atomic mass is 10.2. The molecule has 1 aromatic rings. The van der Waals surface area contributed by atoms with Crippen LogP contribution in [0.2, 0.25) is 0 Å². The number of thiocarbonyl (C=S) groups is 1. The molecule has 1 aromatic carbocycles. The Morgan fingerprint density at radius 2 is 2.00 bits per heavy atom. The number of carbonyl (C=O) groups excluding carboxylic acids is 1. The van der Waals surface area contributed by atoms with Gasteiger partial charge in [0.25, 0.3) is 0 Å². The lowest BCUT2D eigenvalue weighted by Gasteiger charge is -2.16. The largest absolute Gasteiger partial charge is 0.469 e. The zero-order chi connectivity index (χ0) is 18.3. The molecule has 134 valence electrons. The van der Waals surface area contributed by atoms with E-state index in [1.54, 1.807) is 25.1 Å². The van der Waals surface area contributed by atoms with E-state index in [1.807, 2.05) is 0 Å². The van der Waals surface area contributed by atoms with Gasteiger partial charge in [0.05, 0.1) is 12.0 Å². The van der Waals surface area contributed by atoms with E-state index in [0.29, 0.717) is 35.7 Å². The molecular formula is C15H23N3O4S2. The molecule has 24 heavy (non-hydrogen) atoms. The van der Waals surface area contributed by atoms with Crippen molar-refractivity contribution in [1.82, 2.24) is 9.62 Å². The number of nitrogens with zero attached hydrogens (tertiary/aromatic N) is 1. The molecule has 0 saturated carbocycles. The number of carbonyl (C=O) groups is 1. The smallest absolute Gasteiger partial charge is 0.305 e.